The van der Waals surface area contributed by atoms with Crippen molar-refractivity contribution in [3.8, 4) is 0 Å². The van der Waals surface area contributed by atoms with E-state index in [1.54, 1.807) is 11.1 Å². The fourth-order valence-corrected chi connectivity index (χ4v) is 4.75. The van der Waals surface area contributed by atoms with Gasteiger partial charge in [-0.3, -0.25) is 4.90 Å². The summed E-state index contributed by atoms with van der Waals surface area (Å²) in [5.41, 5.74) is 5.21. The minimum Gasteiger partial charge on any atom is -0.475 e. The Morgan fingerprint density at radius 3 is 2.34 bits per heavy atom. The van der Waals surface area contributed by atoms with Crippen LogP contribution in [0, 0.1) is 0 Å². The smallest absolute Gasteiger partial charge is 0.475 e. The Balaban J connectivity index is 0.000000566. The van der Waals surface area contributed by atoms with Gasteiger partial charge in [0, 0.05) is 44.1 Å². The van der Waals surface area contributed by atoms with Crippen molar-refractivity contribution < 1.29 is 32.6 Å². The number of fused-ring (bicyclic) bond motifs is 6. The standard InChI is InChI=1S/C28H33ClN6O2.C2HF3O2/c1-28(2,3)37-27(36)35-13-11-34(12-14-35)18-21-9-10-23-16-20(21)8-7-19-5-4-6-22(15-19)32-26-30-17-24(29)25(31-23)33-26;3-2(4,5)1(6)7/h4-6,9-10,15-17H,7-8,11-14,18H2,1-3H3,(H2,30,31,32,33);(H,6,7). The lowest BCUT2D eigenvalue weighted by Crippen LogP contribution is -2.49. The molecule has 3 N–H and O–H groups in total. The lowest BCUT2D eigenvalue weighted by Gasteiger charge is -2.36. The number of nitrogens with zero attached hydrogens (tertiary/aromatic N) is 4. The summed E-state index contributed by atoms with van der Waals surface area (Å²) in [7, 11) is 0. The zero-order valence-electron chi connectivity index (χ0n) is 24.5. The molecule has 44 heavy (non-hydrogen) atoms. The fourth-order valence-electron chi connectivity index (χ4n) is 4.61. The highest BCUT2D eigenvalue weighted by Gasteiger charge is 2.38. The second-order valence-corrected chi connectivity index (χ2v) is 11.8. The van der Waals surface area contributed by atoms with Gasteiger partial charge in [0.2, 0.25) is 5.95 Å². The molecule has 0 radical (unpaired) electrons. The van der Waals surface area contributed by atoms with E-state index in [1.165, 1.54) is 16.7 Å². The topological polar surface area (TPSA) is 120 Å². The Labute approximate surface area is 258 Å². The van der Waals surface area contributed by atoms with Gasteiger partial charge in [0.15, 0.2) is 5.82 Å². The molecule has 1 saturated heterocycles. The molecular weight excluding hydrogens is 601 g/mol. The SMILES string of the molecule is CC(C)(C)OC(=O)N1CCN(Cc2ccc3cc2CCc2cccc(c2)Nc2ncc(Cl)c(n2)N3)CC1.O=C(O)C(F)(F)F. The quantitative estimate of drug-likeness (QED) is 0.294. The summed E-state index contributed by atoms with van der Waals surface area (Å²) < 4.78 is 37.3. The maximum atomic E-state index is 12.4. The van der Waals surface area contributed by atoms with E-state index in [4.69, 9.17) is 26.2 Å². The van der Waals surface area contributed by atoms with Gasteiger partial charge >= 0.3 is 18.2 Å². The van der Waals surface area contributed by atoms with E-state index in [0.717, 1.165) is 43.9 Å². The van der Waals surface area contributed by atoms with Gasteiger partial charge in [-0.15, -0.1) is 0 Å². The minimum atomic E-state index is -5.08. The number of benzene rings is 2. The molecule has 2 aliphatic heterocycles. The zero-order valence-corrected chi connectivity index (χ0v) is 25.3. The third-order valence-electron chi connectivity index (χ3n) is 6.74. The molecule has 2 aliphatic rings. The highest BCUT2D eigenvalue weighted by molar-refractivity contribution is 6.32. The molecule has 2 aromatic carbocycles. The number of alkyl halides is 3. The van der Waals surface area contributed by atoms with Gasteiger partial charge in [-0.1, -0.05) is 29.8 Å². The third kappa shape index (κ3) is 9.45. The average Bonchev–Trinajstić information content (AvgIpc) is 2.94. The zero-order chi connectivity index (χ0) is 32.1. The number of hydrogen-bond donors (Lipinski definition) is 3. The van der Waals surface area contributed by atoms with Crippen LogP contribution < -0.4 is 10.6 Å². The van der Waals surface area contributed by atoms with Crippen LogP contribution in [0.25, 0.3) is 0 Å². The largest absolute Gasteiger partial charge is 0.490 e. The molecule has 0 unspecified atom stereocenters. The van der Waals surface area contributed by atoms with Crippen molar-refractivity contribution in [1.82, 2.24) is 19.8 Å². The average molecular weight is 635 g/mol. The Bertz CT molecular complexity index is 1490. The van der Waals surface area contributed by atoms with Crippen molar-refractivity contribution in [2.75, 3.05) is 36.8 Å². The van der Waals surface area contributed by atoms with Crippen LogP contribution >= 0.6 is 11.6 Å². The van der Waals surface area contributed by atoms with Gasteiger partial charge in [0.05, 0.1) is 6.20 Å². The van der Waals surface area contributed by atoms with Crippen molar-refractivity contribution in [2.45, 2.75) is 51.9 Å². The van der Waals surface area contributed by atoms with Crippen LogP contribution in [0.2, 0.25) is 5.02 Å². The number of hydrogen-bond acceptors (Lipinski definition) is 8. The highest BCUT2D eigenvalue weighted by Crippen LogP contribution is 2.28. The maximum absolute atomic E-state index is 12.4. The number of carboxylic acids is 1. The van der Waals surface area contributed by atoms with Crippen molar-refractivity contribution in [1.29, 1.82) is 0 Å². The summed E-state index contributed by atoms with van der Waals surface area (Å²) in [6.07, 6.45) is -1.89. The molecule has 0 atom stereocenters. The first-order valence-corrected chi connectivity index (χ1v) is 14.3. The lowest BCUT2D eigenvalue weighted by atomic mass is 9.98. The molecule has 1 fully saturated rings. The third-order valence-corrected chi connectivity index (χ3v) is 7.02. The number of amides is 1. The van der Waals surface area contributed by atoms with Gasteiger partial charge in [-0.05, 0) is 74.6 Å². The molecule has 3 aromatic rings. The normalized spacial score (nSPS) is 15.2. The van der Waals surface area contributed by atoms with Gasteiger partial charge in [-0.2, -0.15) is 18.2 Å². The predicted molar refractivity (Wildman–Crippen MR) is 161 cm³/mol. The summed E-state index contributed by atoms with van der Waals surface area (Å²) in [6.45, 7) is 9.48. The molecule has 5 rings (SSSR count). The molecule has 0 spiro atoms. The second-order valence-electron chi connectivity index (χ2n) is 11.4. The number of carbonyl (C=O) groups excluding carboxylic acids is 1. The summed E-state index contributed by atoms with van der Waals surface area (Å²) in [5.74, 6) is -1.70. The number of rotatable bonds is 2. The van der Waals surface area contributed by atoms with Crippen LogP contribution in [0.15, 0.2) is 48.7 Å². The van der Waals surface area contributed by atoms with Crippen LogP contribution in [-0.2, 0) is 28.9 Å². The molecule has 236 valence electrons. The molecule has 1 aromatic heterocycles. The Morgan fingerprint density at radius 2 is 1.68 bits per heavy atom. The van der Waals surface area contributed by atoms with Crippen LogP contribution in [0.3, 0.4) is 0 Å². The molecule has 6 bridgehead atoms. The first kappa shape index (κ1) is 32.8. The molecule has 0 aliphatic carbocycles. The number of nitrogens with one attached hydrogen (secondary N) is 2. The van der Waals surface area contributed by atoms with Crippen molar-refractivity contribution >= 4 is 46.8 Å². The Kier molecular flexibility index (Phi) is 10.2. The lowest BCUT2D eigenvalue weighted by molar-refractivity contribution is -0.192. The Morgan fingerprint density at radius 1 is 1.00 bits per heavy atom. The molecule has 1 amide bonds. The van der Waals surface area contributed by atoms with E-state index in [9.17, 15) is 18.0 Å². The number of ether oxygens (including phenoxy) is 1. The maximum Gasteiger partial charge on any atom is 0.490 e. The number of aromatic nitrogens is 2. The van der Waals surface area contributed by atoms with Crippen LogP contribution in [0.5, 0.6) is 0 Å². The van der Waals surface area contributed by atoms with E-state index >= 15 is 0 Å². The first-order valence-electron chi connectivity index (χ1n) is 13.9. The predicted octanol–water partition coefficient (Wildman–Crippen LogP) is 6.40. The van der Waals surface area contributed by atoms with E-state index in [1.807, 2.05) is 32.9 Å². The van der Waals surface area contributed by atoms with Crippen LogP contribution in [0.4, 0.5) is 41.1 Å². The number of piperazine rings is 1. The van der Waals surface area contributed by atoms with E-state index in [2.05, 4.69) is 55.8 Å². The number of aryl methyl sites for hydroxylation is 2. The van der Waals surface area contributed by atoms with Gasteiger partial charge in [0.25, 0.3) is 0 Å². The Hall–Kier alpha value is -4.10. The van der Waals surface area contributed by atoms with Crippen molar-refractivity contribution in [3.63, 3.8) is 0 Å². The van der Waals surface area contributed by atoms with Crippen LogP contribution in [0.1, 0.15) is 37.5 Å². The highest BCUT2D eigenvalue weighted by atomic mass is 35.5. The molecule has 14 heteroatoms. The van der Waals surface area contributed by atoms with E-state index < -0.39 is 17.7 Å². The number of halogens is 4. The summed E-state index contributed by atoms with van der Waals surface area (Å²) in [4.78, 5) is 34.5. The van der Waals surface area contributed by atoms with Gasteiger partial charge in [0.1, 0.15) is 10.6 Å². The molecule has 3 heterocycles. The van der Waals surface area contributed by atoms with E-state index in [0.29, 0.717) is 29.9 Å². The number of anilines is 4. The summed E-state index contributed by atoms with van der Waals surface area (Å²) in [6, 6.07) is 14.8. The van der Waals surface area contributed by atoms with Crippen molar-refractivity contribution in [3.05, 3.63) is 70.4 Å². The van der Waals surface area contributed by atoms with E-state index in [-0.39, 0.29) is 6.09 Å². The molecular formula is C30H34ClF3N6O4. The molecule has 0 saturated carbocycles. The summed E-state index contributed by atoms with van der Waals surface area (Å²) in [5, 5.41) is 14.2. The first-order chi connectivity index (χ1) is 20.7. The number of aliphatic carboxylic acids is 1. The van der Waals surface area contributed by atoms with Gasteiger partial charge in [-0.25, -0.2) is 14.6 Å². The summed E-state index contributed by atoms with van der Waals surface area (Å²) >= 11 is 6.40. The number of carbonyl (C=O) groups is 2. The van der Waals surface area contributed by atoms with Crippen molar-refractivity contribution in [2.24, 2.45) is 0 Å². The second kappa shape index (κ2) is 13.7. The number of carboxylic acid groups (broad SMARTS) is 1. The molecule has 10 nitrogen and oxygen atoms in total. The van der Waals surface area contributed by atoms with Crippen LogP contribution in [-0.4, -0.2) is 74.9 Å². The van der Waals surface area contributed by atoms with Gasteiger partial charge < -0.3 is 25.4 Å². The minimum absolute atomic E-state index is 0.233. The fraction of sp³-hybridized carbons (Fsp3) is 0.400. The monoisotopic (exact) mass is 634 g/mol.